The summed E-state index contributed by atoms with van der Waals surface area (Å²) in [6.07, 6.45) is 9.15. The summed E-state index contributed by atoms with van der Waals surface area (Å²) in [5.41, 5.74) is 4.30. The first-order valence-electron chi connectivity index (χ1n) is 5.09. The highest BCUT2D eigenvalue weighted by atomic mass is 15.3. The van der Waals surface area contributed by atoms with Gasteiger partial charge in [0.2, 0.25) is 0 Å². The SMILES string of the molecule is CNC/C(=N/NC1C=CC=CC1)C(C)=N. The van der Waals surface area contributed by atoms with Crippen molar-refractivity contribution in [3.8, 4) is 0 Å². The summed E-state index contributed by atoms with van der Waals surface area (Å²) in [7, 11) is 1.85. The second kappa shape index (κ2) is 6.14. The molecule has 0 aromatic carbocycles. The van der Waals surface area contributed by atoms with E-state index in [1.807, 2.05) is 19.2 Å². The molecule has 3 N–H and O–H groups in total. The molecule has 15 heavy (non-hydrogen) atoms. The Balaban J connectivity index is 2.49. The van der Waals surface area contributed by atoms with Gasteiger partial charge in [0.1, 0.15) is 0 Å². The van der Waals surface area contributed by atoms with Crippen LogP contribution in [0.2, 0.25) is 0 Å². The molecule has 0 heterocycles. The summed E-state index contributed by atoms with van der Waals surface area (Å²) in [5, 5.41) is 14.8. The van der Waals surface area contributed by atoms with Crippen LogP contribution in [-0.4, -0.2) is 31.1 Å². The minimum atomic E-state index is 0.251. The zero-order chi connectivity index (χ0) is 11.1. The molecule has 0 aromatic heterocycles. The number of hydrazone groups is 1. The minimum Gasteiger partial charge on any atom is -0.314 e. The molecule has 0 spiro atoms. The molecule has 4 heteroatoms. The lowest BCUT2D eigenvalue weighted by molar-refractivity contribution is 0.625. The average Bonchev–Trinajstić information content (AvgIpc) is 2.25. The molecule has 1 atom stereocenters. The summed E-state index contributed by atoms with van der Waals surface area (Å²) in [5.74, 6) is 0. The van der Waals surface area contributed by atoms with Gasteiger partial charge in [-0.25, -0.2) is 0 Å². The van der Waals surface area contributed by atoms with Gasteiger partial charge in [-0.15, -0.1) is 0 Å². The maximum atomic E-state index is 7.53. The Morgan fingerprint density at radius 1 is 1.53 bits per heavy atom. The zero-order valence-electron chi connectivity index (χ0n) is 9.25. The fourth-order valence-electron chi connectivity index (χ4n) is 1.26. The first kappa shape index (κ1) is 11.7. The van der Waals surface area contributed by atoms with Gasteiger partial charge in [-0.3, -0.25) is 0 Å². The predicted molar refractivity (Wildman–Crippen MR) is 64.6 cm³/mol. The van der Waals surface area contributed by atoms with Crippen molar-refractivity contribution < 1.29 is 0 Å². The summed E-state index contributed by atoms with van der Waals surface area (Å²) in [4.78, 5) is 0. The molecule has 0 aliphatic heterocycles. The first-order chi connectivity index (χ1) is 7.24. The topological polar surface area (TPSA) is 60.3 Å². The lowest BCUT2D eigenvalue weighted by Crippen LogP contribution is -2.30. The second-order valence-corrected chi connectivity index (χ2v) is 3.50. The summed E-state index contributed by atoms with van der Waals surface area (Å²) >= 11 is 0. The molecule has 0 fully saturated rings. The minimum absolute atomic E-state index is 0.251. The molecule has 1 rings (SSSR count). The molecule has 1 unspecified atom stereocenters. The summed E-state index contributed by atoms with van der Waals surface area (Å²) in [6, 6.07) is 0.251. The smallest absolute Gasteiger partial charge is 0.0945 e. The lowest BCUT2D eigenvalue weighted by atomic mass is 10.1. The third kappa shape index (κ3) is 4.08. The quantitative estimate of drug-likeness (QED) is 0.465. The fraction of sp³-hybridized carbons (Fsp3) is 0.455. The summed E-state index contributed by atoms with van der Waals surface area (Å²) in [6.45, 7) is 2.36. The van der Waals surface area contributed by atoms with E-state index >= 15 is 0 Å². The summed E-state index contributed by atoms with van der Waals surface area (Å²) < 4.78 is 0. The molecule has 0 radical (unpaired) electrons. The van der Waals surface area contributed by atoms with Gasteiger partial charge in [-0.2, -0.15) is 5.10 Å². The van der Waals surface area contributed by atoms with Crippen molar-refractivity contribution in [3.05, 3.63) is 24.3 Å². The van der Waals surface area contributed by atoms with Crippen LogP contribution < -0.4 is 10.7 Å². The van der Waals surface area contributed by atoms with Crippen LogP contribution in [0.4, 0.5) is 0 Å². The molecule has 82 valence electrons. The monoisotopic (exact) mass is 206 g/mol. The van der Waals surface area contributed by atoms with Crippen molar-refractivity contribution in [2.24, 2.45) is 5.10 Å². The third-order valence-electron chi connectivity index (χ3n) is 2.12. The molecule has 0 bridgehead atoms. The Morgan fingerprint density at radius 3 is 2.87 bits per heavy atom. The third-order valence-corrected chi connectivity index (χ3v) is 2.12. The van der Waals surface area contributed by atoms with Gasteiger partial charge in [0.05, 0.1) is 17.5 Å². The van der Waals surface area contributed by atoms with E-state index < -0.39 is 0 Å². The van der Waals surface area contributed by atoms with Crippen molar-refractivity contribution in [2.45, 2.75) is 19.4 Å². The van der Waals surface area contributed by atoms with Crippen LogP contribution >= 0.6 is 0 Å². The van der Waals surface area contributed by atoms with Crippen molar-refractivity contribution >= 4 is 11.4 Å². The highest BCUT2D eigenvalue weighted by Gasteiger charge is 2.05. The number of nitrogens with one attached hydrogen (secondary N) is 3. The molecule has 0 saturated carbocycles. The second-order valence-electron chi connectivity index (χ2n) is 3.50. The van der Waals surface area contributed by atoms with E-state index in [4.69, 9.17) is 5.41 Å². The van der Waals surface area contributed by atoms with E-state index in [1.54, 1.807) is 6.92 Å². The number of nitrogens with zero attached hydrogens (tertiary/aromatic N) is 1. The van der Waals surface area contributed by atoms with Crippen LogP contribution in [0.25, 0.3) is 0 Å². The van der Waals surface area contributed by atoms with Crippen LogP contribution in [0.15, 0.2) is 29.4 Å². The van der Waals surface area contributed by atoms with Crippen LogP contribution in [-0.2, 0) is 0 Å². The van der Waals surface area contributed by atoms with Crippen LogP contribution in [0.5, 0.6) is 0 Å². The van der Waals surface area contributed by atoms with Gasteiger partial charge in [0.25, 0.3) is 0 Å². The van der Waals surface area contributed by atoms with E-state index in [2.05, 4.69) is 28.0 Å². The van der Waals surface area contributed by atoms with Gasteiger partial charge < -0.3 is 16.2 Å². The van der Waals surface area contributed by atoms with E-state index in [1.165, 1.54) is 0 Å². The Bertz CT molecular complexity index is 302. The maximum Gasteiger partial charge on any atom is 0.0945 e. The molecule has 1 aliphatic rings. The van der Waals surface area contributed by atoms with Gasteiger partial charge >= 0.3 is 0 Å². The number of allylic oxidation sites excluding steroid dienone is 2. The zero-order valence-corrected chi connectivity index (χ0v) is 9.25. The number of hydrogen-bond donors (Lipinski definition) is 3. The van der Waals surface area contributed by atoms with E-state index in [0.717, 1.165) is 12.1 Å². The first-order valence-corrected chi connectivity index (χ1v) is 5.09. The van der Waals surface area contributed by atoms with Crippen LogP contribution in [0.3, 0.4) is 0 Å². The molecule has 0 aromatic rings. The largest absolute Gasteiger partial charge is 0.314 e. The van der Waals surface area contributed by atoms with Crippen LogP contribution in [0.1, 0.15) is 13.3 Å². The lowest BCUT2D eigenvalue weighted by Gasteiger charge is -2.13. The van der Waals surface area contributed by atoms with E-state index in [9.17, 15) is 0 Å². The predicted octanol–water partition coefficient (Wildman–Crippen LogP) is 1.08. The van der Waals surface area contributed by atoms with Crippen molar-refractivity contribution in [3.63, 3.8) is 0 Å². The fourth-order valence-corrected chi connectivity index (χ4v) is 1.26. The molecule has 4 nitrogen and oxygen atoms in total. The molecule has 0 amide bonds. The van der Waals surface area contributed by atoms with Crippen LogP contribution in [0, 0.1) is 5.41 Å². The van der Waals surface area contributed by atoms with E-state index in [0.29, 0.717) is 12.3 Å². The molecular weight excluding hydrogens is 188 g/mol. The van der Waals surface area contributed by atoms with Crippen molar-refractivity contribution in [1.82, 2.24) is 10.7 Å². The molecule has 1 aliphatic carbocycles. The van der Waals surface area contributed by atoms with Crippen molar-refractivity contribution in [2.75, 3.05) is 13.6 Å². The van der Waals surface area contributed by atoms with Gasteiger partial charge in [0.15, 0.2) is 0 Å². The Labute approximate surface area is 90.7 Å². The highest BCUT2D eigenvalue weighted by molar-refractivity contribution is 6.41. The highest BCUT2D eigenvalue weighted by Crippen LogP contribution is 2.02. The molecular formula is C11H18N4. The normalized spacial score (nSPS) is 20.4. The standard InChI is InChI=1S/C11H18N4/c1-9(12)11(8-13-2)15-14-10-6-4-3-5-7-10/h3-6,10,12-14H,7-8H2,1-2H3/b12-9?,15-11-. The van der Waals surface area contributed by atoms with Gasteiger partial charge in [-0.05, 0) is 20.4 Å². The Morgan fingerprint density at radius 2 is 2.33 bits per heavy atom. The van der Waals surface area contributed by atoms with Crippen molar-refractivity contribution in [1.29, 1.82) is 5.41 Å². The number of hydrogen-bond acceptors (Lipinski definition) is 4. The van der Waals surface area contributed by atoms with E-state index in [-0.39, 0.29) is 6.04 Å². The Hall–Kier alpha value is -1.42. The van der Waals surface area contributed by atoms with Gasteiger partial charge in [-0.1, -0.05) is 24.3 Å². The average molecular weight is 206 g/mol. The van der Waals surface area contributed by atoms with Gasteiger partial charge in [0, 0.05) is 6.54 Å². The molecule has 0 saturated heterocycles. The maximum absolute atomic E-state index is 7.53. The number of rotatable bonds is 5. The Kier molecular flexibility index (Phi) is 4.77.